The molecule has 1 saturated carbocycles. The number of fused-ring (bicyclic) bond motifs is 1. The summed E-state index contributed by atoms with van der Waals surface area (Å²) in [7, 11) is 1.56. The molecule has 200 valence electrons. The van der Waals surface area contributed by atoms with E-state index in [4.69, 9.17) is 13.9 Å². The van der Waals surface area contributed by atoms with E-state index in [0.717, 1.165) is 10.9 Å². The van der Waals surface area contributed by atoms with E-state index >= 15 is 0 Å². The van der Waals surface area contributed by atoms with Gasteiger partial charge in [0.1, 0.15) is 23.1 Å². The summed E-state index contributed by atoms with van der Waals surface area (Å²) < 4.78 is 30.2. The van der Waals surface area contributed by atoms with Crippen LogP contribution in [-0.2, 0) is 22.4 Å². The Balaban J connectivity index is 1.17. The van der Waals surface area contributed by atoms with Gasteiger partial charge in [0.2, 0.25) is 6.39 Å². The number of nitrogens with zero attached hydrogens (tertiary/aromatic N) is 3. The Morgan fingerprint density at radius 1 is 0.925 bits per heavy atom. The highest BCUT2D eigenvalue weighted by Crippen LogP contribution is 2.49. The van der Waals surface area contributed by atoms with Crippen molar-refractivity contribution in [2.45, 2.75) is 25.7 Å². The molecule has 1 aliphatic carbocycles. The Kier molecular flexibility index (Phi) is 6.55. The first-order valence-electron chi connectivity index (χ1n) is 12.8. The molecule has 3 aromatic carbocycles. The van der Waals surface area contributed by atoms with Gasteiger partial charge in [-0.05, 0) is 60.4 Å². The van der Waals surface area contributed by atoms with Crippen LogP contribution in [0.5, 0.6) is 17.2 Å². The predicted molar refractivity (Wildman–Crippen MR) is 144 cm³/mol. The molecule has 1 fully saturated rings. The molecule has 5 aromatic rings. The third kappa shape index (κ3) is 4.93. The molecular formula is C31H24FN3O5. The molecule has 0 aliphatic heterocycles. The lowest BCUT2D eigenvalue weighted by Gasteiger charge is -2.14. The van der Waals surface area contributed by atoms with Gasteiger partial charge in [0.05, 0.1) is 23.6 Å². The van der Waals surface area contributed by atoms with Crippen LogP contribution in [0.1, 0.15) is 24.0 Å². The molecular weight excluding hydrogens is 513 g/mol. The molecule has 0 bridgehead atoms. The van der Waals surface area contributed by atoms with Crippen LogP contribution < -0.4 is 9.47 Å². The zero-order valence-corrected chi connectivity index (χ0v) is 21.6. The van der Waals surface area contributed by atoms with Crippen molar-refractivity contribution in [2.24, 2.45) is 5.41 Å². The van der Waals surface area contributed by atoms with Gasteiger partial charge < -0.3 is 13.9 Å². The number of halogens is 1. The lowest BCUT2D eigenvalue weighted by Crippen LogP contribution is -2.28. The molecule has 6 rings (SSSR count). The van der Waals surface area contributed by atoms with Gasteiger partial charge in [0.25, 0.3) is 5.89 Å². The number of methoxy groups -OCH3 is 1. The molecule has 2 aromatic heterocycles. The fraction of sp³-hybridized carbons (Fsp3) is 0.194. The second-order valence-electron chi connectivity index (χ2n) is 9.78. The highest BCUT2D eigenvalue weighted by atomic mass is 19.1. The van der Waals surface area contributed by atoms with E-state index < -0.39 is 5.41 Å². The van der Waals surface area contributed by atoms with Crippen LogP contribution in [0, 0.1) is 11.2 Å². The Bertz CT molecular complexity index is 1700. The summed E-state index contributed by atoms with van der Waals surface area (Å²) in [4.78, 5) is 30.5. The number of pyridine rings is 1. The minimum Gasteiger partial charge on any atom is -0.496 e. The third-order valence-electron chi connectivity index (χ3n) is 7.22. The Labute approximate surface area is 228 Å². The zero-order valence-electron chi connectivity index (χ0n) is 21.6. The number of Topliss-reactive ketones (excluding diaryl/α,β-unsaturated/α-hetero) is 2. The molecule has 0 amide bonds. The lowest BCUT2D eigenvalue weighted by atomic mass is 9.88. The maximum Gasteiger partial charge on any atom is 0.251 e. The van der Waals surface area contributed by atoms with Gasteiger partial charge in [-0.1, -0.05) is 24.3 Å². The third-order valence-corrected chi connectivity index (χ3v) is 7.22. The molecule has 0 radical (unpaired) electrons. The number of carbonyl (C=O) groups is 2. The standard InChI is InChI=1S/C31H24FN3O5/c1-38-27-17-25-23(16-24(27)30-35-34-18-39-30)26(10-13-33-25)40-22-8-4-20(5-9-22)15-29(37)31(11-12-31)28(36)14-19-2-6-21(32)7-3-19/h2-10,13,16-18H,11-12,14-15H2,1H3. The normalized spacial score (nSPS) is 13.7. The van der Waals surface area contributed by atoms with Crippen molar-refractivity contribution < 1.29 is 27.9 Å². The number of hydrogen-bond acceptors (Lipinski definition) is 8. The molecule has 2 heterocycles. The lowest BCUT2D eigenvalue weighted by molar-refractivity contribution is -0.133. The maximum atomic E-state index is 13.2. The number of carbonyl (C=O) groups excluding carboxylic acids is 2. The van der Waals surface area contributed by atoms with Gasteiger partial charge in [-0.3, -0.25) is 14.6 Å². The summed E-state index contributed by atoms with van der Waals surface area (Å²) in [5.41, 5.74) is 1.85. The highest BCUT2D eigenvalue weighted by molar-refractivity contribution is 6.11. The largest absolute Gasteiger partial charge is 0.496 e. The van der Waals surface area contributed by atoms with E-state index in [2.05, 4.69) is 15.2 Å². The van der Waals surface area contributed by atoms with Gasteiger partial charge in [0.15, 0.2) is 11.6 Å². The molecule has 8 nitrogen and oxygen atoms in total. The molecule has 9 heteroatoms. The number of benzene rings is 3. The Hall–Kier alpha value is -4.92. The van der Waals surface area contributed by atoms with E-state index in [1.54, 1.807) is 49.7 Å². The van der Waals surface area contributed by atoms with E-state index in [-0.39, 0.29) is 30.2 Å². The number of rotatable bonds is 10. The molecule has 1 aliphatic rings. The van der Waals surface area contributed by atoms with Crippen molar-refractivity contribution >= 4 is 22.5 Å². The molecule has 40 heavy (non-hydrogen) atoms. The summed E-state index contributed by atoms with van der Waals surface area (Å²) in [6.45, 7) is 0. The van der Waals surface area contributed by atoms with Crippen molar-refractivity contribution in [1.82, 2.24) is 15.2 Å². The summed E-state index contributed by atoms with van der Waals surface area (Å²) in [6.07, 6.45) is 4.28. The van der Waals surface area contributed by atoms with Crippen LogP contribution in [0.4, 0.5) is 4.39 Å². The molecule has 0 saturated heterocycles. The van der Waals surface area contributed by atoms with Crippen LogP contribution in [0.15, 0.2) is 83.7 Å². The van der Waals surface area contributed by atoms with Crippen molar-refractivity contribution in [2.75, 3.05) is 7.11 Å². The zero-order chi connectivity index (χ0) is 27.7. The smallest absolute Gasteiger partial charge is 0.251 e. The van der Waals surface area contributed by atoms with Gasteiger partial charge in [-0.25, -0.2) is 4.39 Å². The van der Waals surface area contributed by atoms with Crippen molar-refractivity contribution in [1.29, 1.82) is 0 Å². The van der Waals surface area contributed by atoms with Gasteiger partial charge in [-0.2, -0.15) is 0 Å². The average Bonchev–Trinajstić information content (AvgIpc) is 3.62. The fourth-order valence-electron chi connectivity index (χ4n) is 4.82. The molecule has 0 N–H and O–H groups in total. The summed E-state index contributed by atoms with van der Waals surface area (Å²) in [5, 5.41) is 8.46. The van der Waals surface area contributed by atoms with Crippen LogP contribution in [0.3, 0.4) is 0 Å². The van der Waals surface area contributed by atoms with Crippen LogP contribution >= 0.6 is 0 Å². The van der Waals surface area contributed by atoms with Crippen molar-refractivity contribution in [3.8, 4) is 28.7 Å². The predicted octanol–water partition coefficient (Wildman–Crippen LogP) is 5.93. The topological polar surface area (TPSA) is 104 Å². The monoisotopic (exact) mass is 537 g/mol. The van der Waals surface area contributed by atoms with Gasteiger partial charge in [0, 0.05) is 30.5 Å². The number of hydrogen-bond donors (Lipinski definition) is 0. The van der Waals surface area contributed by atoms with Crippen LogP contribution in [0.2, 0.25) is 0 Å². The number of ketones is 2. The first kappa shape index (κ1) is 25.4. The van der Waals surface area contributed by atoms with E-state index in [0.29, 0.717) is 52.6 Å². The van der Waals surface area contributed by atoms with Crippen molar-refractivity contribution in [3.63, 3.8) is 0 Å². The van der Waals surface area contributed by atoms with Crippen LogP contribution in [0.25, 0.3) is 22.4 Å². The Morgan fingerprint density at radius 2 is 1.60 bits per heavy atom. The summed E-state index contributed by atoms with van der Waals surface area (Å²) >= 11 is 0. The fourth-order valence-corrected chi connectivity index (χ4v) is 4.82. The summed E-state index contributed by atoms with van der Waals surface area (Å²) in [5.74, 6) is 1.45. The van der Waals surface area contributed by atoms with E-state index in [9.17, 15) is 14.0 Å². The quantitative estimate of drug-likeness (QED) is 0.202. The maximum absolute atomic E-state index is 13.2. The number of aromatic nitrogens is 3. The van der Waals surface area contributed by atoms with Crippen molar-refractivity contribution in [3.05, 3.63) is 96.3 Å². The second kappa shape index (κ2) is 10.3. The minimum atomic E-state index is -0.934. The van der Waals surface area contributed by atoms with Gasteiger partial charge in [-0.15, -0.1) is 10.2 Å². The number of ether oxygens (including phenoxy) is 2. The first-order chi connectivity index (χ1) is 19.4. The first-order valence-corrected chi connectivity index (χ1v) is 12.8. The second-order valence-corrected chi connectivity index (χ2v) is 9.78. The van der Waals surface area contributed by atoms with Gasteiger partial charge >= 0.3 is 0 Å². The highest BCUT2D eigenvalue weighted by Gasteiger charge is 2.54. The van der Waals surface area contributed by atoms with E-state index in [1.165, 1.54) is 18.5 Å². The SMILES string of the molecule is COc1cc2nccc(Oc3ccc(CC(=O)C4(C(=O)Cc5ccc(F)cc5)CC4)cc3)c2cc1-c1nnco1. The molecule has 0 unspecified atom stereocenters. The summed E-state index contributed by atoms with van der Waals surface area (Å²) in [6, 6.07) is 18.4. The Morgan fingerprint density at radius 3 is 2.20 bits per heavy atom. The average molecular weight is 538 g/mol. The van der Waals surface area contributed by atoms with E-state index in [1.807, 2.05) is 18.2 Å². The molecule has 0 spiro atoms. The van der Waals surface area contributed by atoms with Crippen LogP contribution in [-0.4, -0.2) is 33.9 Å². The molecule has 0 atom stereocenters. The minimum absolute atomic E-state index is 0.0871.